The van der Waals surface area contributed by atoms with E-state index in [1.54, 1.807) is 18.2 Å². The Labute approximate surface area is 131 Å². The predicted molar refractivity (Wildman–Crippen MR) is 79.8 cm³/mol. The standard InChI is InChI=1S/C14H15BrClNO3/c15-9-5-6-12(16)11(7-9)14(19)20-8-13(18)17-10-3-1-2-4-10/h5-7,10H,1-4,8H2,(H,17,18). The van der Waals surface area contributed by atoms with Crippen molar-refractivity contribution in [1.82, 2.24) is 5.32 Å². The summed E-state index contributed by atoms with van der Waals surface area (Å²) < 4.78 is 5.71. The Morgan fingerprint density at radius 2 is 2.05 bits per heavy atom. The number of nitrogens with one attached hydrogen (secondary N) is 1. The molecule has 108 valence electrons. The van der Waals surface area contributed by atoms with E-state index in [4.69, 9.17) is 16.3 Å². The van der Waals surface area contributed by atoms with E-state index in [1.807, 2.05) is 0 Å². The molecule has 2 rings (SSSR count). The number of hydrogen-bond donors (Lipinski definition) is 1. The fourth-order valence-electron chi connectivity index (χ4n) is 2.20. The largest absolute Gasteiger partial charge is 0.452 e. The lowest BCUT2D eigenvalue weighted by atomic mass is 10.2. The van der Waals surface area contributed by atoms with Gasteiger partial charge in [-0.25, -0.2) is 4.79 Å². The van der Waals surface area contributed by atoms with Crippen molar-refractivity contribution in [3.05, 3.63) is 33.3 Å². The molecule has 0 unspecified atom stereocenters. The smallest absolute Gasteiger partial charge is 0.340 e. The van der Waals surface area contributed by atoms with Crippen LogP contribution >= 0.6 is 27.5 Å². The molecule has 0 aromatic heterocycles. The minimum Gasteiger partial charge on any atom is -0.452 e. The van der Waals surface area contributed by atoms with Gasteiger partial charge in [-0.05, 0) is 31.0 Å². The predicted octanol–water partition coefficient (Wildman–Crippen LogP) is 3.32. The van der Waals surface area contributed by atoms with E-state index in [0.717, 1.165) is 30.2 Å². The van der Waals surface area contributed by atoms with Crippen molar-refractivity contribution in [2.75, 3.05) is 6.61 Å². The van der Waals surface area contributed by atoms with Crippen LogP contribution in [0.4, 0.5) is 0 Å². The topological polar surface area (TPSA) is 55.4 Å². The van der Waals surface area contributed by atoms with E-state index < -0.39 is 5.97 Å². The number of ether oxygens (including phenoxy) is 1. The van der Waals surface area contributed by atoms with Crippen LogP contribution in [0.3, 0.4) is 0 Å². The van der Waals surface area contributed by atoms with Gasteiger partial charge in [0.2, 0.25) is 0 Å². The van der Waals surface area contributed by atoms with Crippen molar-refractivity contribution in [3.63, 3.8) is 0 Å². The first-order valence-corrected chi connectivity index (χ1v) is 7.65. The maximum Gasteiger partial charge on any atom is 0.340 e. The van der Waals surface area contributed by atoms with Crippen molar-refractivity contribution in [2.24, 2.45) is 0 Å². The fourth-order valence-corrected chi connectivity index (χ4v) is 2.76. The number of carbonyl (C=O) groups excluding carboxylic acids is 2. The molecule has 0 aliphatic heterocycles. The number of amides is 1. The van der Waals surface area contributed by atoms with Crippen LogP contribution in [0.15, 0.2) is 22.7 Å². The number of hydrogen-bond acceptors (Lipinski definition) is 3. The number of carbonyl (C=O) groups is 2. The van der Waals surface area contributed by atoms with Crippen LogP contribution in [-0.2, 0) is 9.53 Å². The van der Waals surface area contributed by atoms with Gasteiger partial charge >= 0.3 is 5.97 Å². The molecule has 1 aromatic carbocycles. The zero-order chi connectivity index (χ0) is 14.5. The zero-order valence-electron chi connectivity index (χ0n) is 10.8. The summed E-state index contributed by atoms with van der Waals surface area (Å²) in [6, 6.07) is 5.11. The van der Waals surface area contributed by atoms with E-state index in [9.17, 15) is 9.59 Å². The van der Waals surface area contributed by atoms with Gasteiger partial charge in [0.05, 0.1) is 10.6 Å². The van der Waals surface area contributed by atoms with E-state index in [2.05, 4.69) is 21.2 Å². The average Bonchev–Trinajstić information content (AvgIpc) is 2.91. The van der Waals surface area contributed by atoms with Crippen LogP contribution < -0.4 is 5.32 Å². The van der Waals surface area contributed by atoms with Crippen LogP contribution in [0, 0.1) is 0 Å². The summed E-state index contributed by atoms with van der Waals surface area (Å²) >= 11 is 9.18. The van der Waals surface area contributed by atoms with Crippen LogP contribution in [-0.4, -0.2) is 24.5 Å². The summed E-state index contributed by atoms with van der Waals surface area (Å²) in [5, 5.41) is 3.15. The molecule has 0 heterocycles. The first-order chi connectivity index (χ1) is 9.56. The first kappa shape index (κ1) is 15.3. The van der Waals surface area contributed by atoms with Gasteiger partial charge in [-0.15, -0.1) is 0 Å². The van der Waals surface area contributed by atoms with Gasteiger partial charge in [0.1, 0.15) is 0 Å². The third-order valence-corrected chi connectivity index (χ3v) is 4.03. The molecule has 1 aliphatic rings. The van der Waals surface area contributed by atoms with Crippen molar-refractivity contribution in [3.8, 4) is 0 Å². The lowest BCUT2D eigenvalue weighted by Crippen LogP contribution is -2.35. The summed E-state index contributed by atoms with van der Waals surface area (Å²) in [5.74, 6) is -0.866. The monoisotopic (exact) mass is 359 g/mol. The molecule has 0 atom stereocenters. The molecule has 0 bridgehead atoms. The minimum absolute atomic E-state index is 0.218. The molecule has 1 aliphatic carbocycles. The third kappa shape index (κ3) is 4.21. The Morgan fingerprint density at radius 1 is 1.35 bits per heavy atom. The Kier molecular flexibility index (Phi) is 5.43. The Hall–Kier alpha value is -1.07. The highest BCUT2D eigenvalue weighted by Gasteiger charge is 2.19. The lowest BCUT2D eigenvalue weighted by molar-refractivity contribution is -0.124. The third-order valence-electron chi connectivity index (χ3n) is 3.20. The van der Waals surface area contributed by atoms with Crippen molar-refractivity contribution < 1.29 is 14.3 Å². The summed E-state index contributed by atoms with van der Waals surface area (Å²) in [6.07, 6.45) is 4.27. The number of benzene rings is 1. The SMILES string of the molecule is O=C(COC(=O)c1cc(Br)ccc1Cl)NC1CCCC1. The van der Waals surface area contributed by atoms with Gasteiger partial charge in [0, 0.05) is 10.5 Å². The van der Waals surface area contributed by atoms with Crippen molar-refractivity contribution >= 4 is 39.4 Å². The van der Waals surface area contributed by atoms with Crippen molar-refractivity contribution in [2.45, 2.75) is 31.7 Å². The highest BCUT2D eigenvalue weighted by molar-refractivity contribution is 9.10. The first-order valence-electron chi connectivity index (χ1n) is 6.48. The number of esters is 1. The second-order valence-corrected chi connectivity index (χ2v) is 6.07. The molecule has 1 amide bonds. The van der Waals surface area contributed by atoms with Crippen LogP contribution in [0.25, 0.3) is 0 Å². The fraction of sp³-hybridized carbons (Fsp3) is 0.429. The lowest BCUT2D eigenvalue weighted by Gasteiger charge is -2.12. The normalized spacial score (nSPS) is 15.1. The molecule has 20 heavy (non-hydrogen) atoms. The number of halogens is 2. The molecule has 0 saturated heterocycles. The van der Waals surface area contributed by atoms with E-state index in [-0.39, 0.29) is 24.1 Å². The molecular weight excluding hydrogens is 346 g/mol. The van der Waals surface area contributed by atoms with Crippen molar-refractivity contribution in [1.29, 1.82) is 0 Å². The summed E-state index contributed by atoms with van der Waals surface area (Å²) in [4.78, 5) is 23.5. The van der Waals surface area contributed by atoms with E-state index in [1.165, 1.54) is 0 Å². The highest BCUT2D eigenvalue weighted by Crippen LogP contribution is 2.21. The molecule has 1 aromatic rings. The molecule has 0 radical (unpaired) electrons. The molecule has 1 saturated carbocycles. The molecule has 1 fully saturated rings. The highest BCUT2D eigenvalue weighted by atomic mass is 79.9. The van der Waals surface area contributed by atoms with E-state index in [0.29, 0.717) is 5.02 Å². The maximum atomic E-state index is 11.9. The van der Waals surface area contributed by atoms with Gasteiger partial charge in [0.25, 0.3) is 5.91 Å². The maximum absolute atomic E-state index is 11.9. The Bertz CT molecular complexity index is 515. The van der Waals surface area contributed by atoms with Gasteiger partial charge in [0.15, 0.2) is 6.61 Å². The van der Waals surface area contributed by atoms with Gasteiger partial charge in [-0.1, -0.05) is 40.4 Å². The molecular formula is C14H15BrClNO3. The second-order valence-electron chi connectivity index (χ2n) is 4.75. The van der Waals surface area contributed by atoms with Crippen LogP contribution in [0.1, 0.15) is 36.0 Å². The summed E-state index contributed by atoms with van der Waals surface area (Å²) in [6.45, 7) is -0.280. The van der Waals surface area contributed by atoms with Crippen LogP contribution in [0.5, 0.6) is 0 Å². The second kappa shape index (κ2) is 7.09. The molecule has 4 nitrogen and oxygen atoms in total. The van der Waals surface area contributed by atoms with Gasteiger partial charge in [-0.2, -0.15) is 0 Å². The summed E-state index contributed by atoms with van der Waals surface area (Å²) in [5.41, 5.74) is 0.245. The van der Waals surface area contributed by atoms with Gasteiger partial charge < -0.3 is 10.1 Å². The van der Waals surface area contributed by atoms with Gasteiger partial charge in [-0.3, -0.25) is 4.79 Å². The average molecular weight is 361 g/mol. The molecule has 1 N–H and O–H groups in total. The Balaban J connectivity index is 1.85. The Morgan fingerprint density at radius 3 is 2.75 bits per heavy atom. The van der Waals surface area contributed by atoms with Crippen LogP contribution in [0.2, 0.25) is 5.02 Å². The minimum atomic E-state index is -0.599. The molecule has 0 spiro atoms. The van der Waals surface area contributed by atoms with E-state index >= 15 is 0 Å². The summed E-state index contributed by atoms with van der Waals surface area (Å²) in [7, 11) is 0. The zero-order valence-corrected chi connectivity index (χ0v) is 13.2. The molecule has 6 heteroatoms. The number of rotatable bonds is 4. The quantitative estimate of drug-likeness (QED) is 0.838.